The Morgan fingerprint density at radius 1 is 1.26 bits per heavy atom. The van der Waals surface area contributed by atoms with Gasteiger partial charge in [0.05, 0.1) is 32.3 Å². The highest BCUT2D eigenvalue weighted by molar-refractivity contribution is 6.09. The summed E-state index contributed by atoms with van der Waals surface area (Å²) in [5, 5.41) is 17.3. The Morgan fingerprint density at radius 2 is 2.09 bits per heavy atom. The number of amides is 1. The molecule has 1 atom stereocenters. The van der Waals surface area contributed by atoms with Gasteiger partial charge in [0.25, 0.3) is 0 Å². The lowest BCUT2D eigenvalue weighted by atomic mass is 9.93. The number of ether oxygens (including phenoxy) is 1. The second kappa shape index (κ2) is 9.32. The van der Waals surface area contributed by atoms with Gasteiger partial charge in [0.1, 0.15) is 5.84 Å². The average molecular weight is 473 g/mol. The Labute approximate surface area is 197 Å². The zero-order chi connectivity index (χ0) is 23.8. The molecule has 4 aliphatic heterocycles. The minimum absolute atomic E-state index is 0.0103. The van der Waals surface area contributed by atoms with Crippen molar-refractivity contribution in [2.24, 2.45) is 5.10 Å². The Hall–Kier alpha value is -3.01. The number of anilines is 1. The van der Waals surface area contributed by atoms with Crippen LogP contribution in [0.15, 0.2) is 34.6 Å². The molecule has 0 aromatic heterocycles. The van der Waals surface area contributed by atoms with E-state index in [4.69, 9.17) is 10.1 Å². The van der Waals surface area contributed by atoms with E-state index in [2.05, 4.69) is 16.5 Å². The molecule has 8 nitrogen and oxygen atoms in total. The number of nitrogens with zero attached hydrogens (tertiary/aromatic N) is 4. The highest BCUT2D eigenvalue weighted by Crippen LogP contribution is 2.33. The fourth-order valence-electron chi connectivity index (χ4n) is 5.00. The average Bonchev–Trinajstić information content (AvgIpc) is 3.31. The summed E-state index contributed by atoms with van der Waals surface area (Å²) in [6.45, 7) is 2.23. The quantitative estimate of drug-likeness (QED) is 0.391. The van der Waals surface area contributed by atoms with E-state index in [1.54, 1.807) is 18.0 Å². The smallest absolute Gasteiger partial charge is 0.329 e. The predicted octanol–water partition coefficient (Wildman–Crippen LogP) is 2.52. The van der Waals surface area contributed by atoms with Crippen molar-refractivity contribution in [3.05, 3.63) is 40.6 Å². The van der Waals surface area contributed by atoms with Crippen LogP contribution >= 0.6 is 0 Å². The van der Waals surface area contributed by atoms with Crippen LogP contribution in [0, 0.1) is 5.41 Å². The van der Waals surface area contributed by atoms with E-state index >= 15 is 0 Å². The molecule has 182 valence electrons. The van der Waals surface area contributed by atoms with Gasteiger partial charge in [0, 0.05) is 55.5 Å². The first-order valence-corrected chi connectivity index (χ1v) is 11.8. The van der Waals surface area contributed by atoms with Crippen LogP contribution in [0.4, 0.5) is 14.5 Å². The number of hydrazone groups is 1. The maximum absolute atomic E-state index is 13.0. The van der Waals surface area contributed by atoms with Crippen molar-refractivity contribution in [1.29, 1.82) is 5.41 Å². The van der Waals surface area contributed by atoms with E-state index in [1.807, 2.05) is 17.0 Å². The van der Waals surface area contributed by atoms with Gasteiger partial charge < -0.3 is 19.9 Å². The third kappa shape index (κ3) is 4.38. The zero-order valence-electron chi connectivity index (χ0n) is 19.3. The second-order valence-electron chi connectivity index (χ2n) is 9.29. The summed E-state index contributed by atoms with van der Waals surface area (Å²) in [6.07, 6.45) is 4.04. The first-order valence-electron chi connectivity index (χ1n) is 11.8. The molecule has 1 fully saturated rings. The molecule has 1 aromatic rings. The molecule has 1 aromatic carbocycles. The number of rotatable bonds is 5. The SMILES string of the molecule is CC(=O)N1CCC(NC2COC2)=C(C(=N)N2CCCc3cc(C4C=NN(C(F)F)C4)ccc32)C1. The largest absolute Gasteiger partial charge is 0.381 e. The monoisotopic (exact) mass is 472 g/mol. The molecular formula is C24H30F2N6O2. The fraction of sp³-hybridized carbons (Fsp3) is 0.542. The van der Waals surface area contributed by atoms with Crippen LogP contribution in [0.3, 0.4) is 0 Å². The van der Waals surface area contributed by atoms with Gasteiger partial charge in [-0.3, -0.25) is 10.2 Å². The first-order chi connectivity index (χ1) is 16.4. The van der Waals surface area contributed by atoms with Gasteiger partial charge >= 0.3 is 6.55 Å². The van der Waals surface area contributed by atoms with Crippen molar-refractivity contribution in [1.82, 2.24) is 15.2 Å². The van der Waals surface area contributed by atoms with Crippen molar-refractivity contribution < 1.29 is 18.3 Å². The number of carbonyl (C=O) groups is 1. The molecule has 0 spiro atoms. The van der Waals surface area contributed by atoms with Crippen molar-refractivity contribution in [2.75, 3.05) is 44.3 Å². The van der Waals surface area contributed by atoms with Gasteiger partial charge in [-0.2, -0.15) is 13.9 Å². The van der Waals surface area contributed by atoms with E-state index in [0.717, 1.165) is 52.5 Å². The van der Waals surface area contributed by atoms with Gasteiger partial charge in [-0.25, -0.2) is 5.01 Å². The van der Waals surface area contributed by atoms with E-state index in [9.17, 15) is 13.6 Å². The molecule has 0 radical (unpaired) electrons. The Kier molecular flexibility index (Phi) is 6.24. The fourth-order valence-corrected chi connectivity index (χ4v) is 5.00. The molecule has 4 aliphatic rings. The second-order valence-corrected chi connectivity index (χ2v) is 9.29. The number of benzene rings is 1. The molecular weight excluding hydrogens is 442 g/mol. The third-order valence-electron chi connectivity index (χ3n) is 7.02. The van der Waals surface area contributed by atoms with Crippen LogP contribution in [-0.2, 0) is 16.0 Å². The number of aryl methyl sites for hydroxylation is 1. The van der Waals surface area contributed by atoms with E-state index in [-0.39, 0.29) is 24.4 Å². The summed E-state index contributed by atoms with van der Waals surface area (Å²) in [5.41, 5.74) is 4.92. The van der Waals surface area contributed by atoms with Crippen molar-refractivity contribution in [3.63, 3.8) is 0 Å². The summed E-state index contributed by atoms with van der Waals surface area (Å²) >= 11 is 0. The highest BCUT2D eigenvalue weighted by Gasteiger charge is 2.32. The standard InChI is InChI=1S/C24H30F2N6O2/c1-15(33)30-8-6-21(29-19-13-34-14-19)20(12-30)23(27)31-7-2-3-17-9-16(4-5-22(17)31)18-10-28-32(11-18)24(25)26/h4-5,9-10,18-19,24,27,29H,2-3,6-8,11-14H2,1H3. The minimum atomic E-state index is -2.59. The van der Waals surface area contributed by atoms with Crippen LogP contribution < -0.4 is 10.2 Å². The normalized spacial score (nSPS) is 22.8. The molecule has 4 heterocycles. The van der Waals surface area contributed by atoms with Gasteiger partial charge in [0.2, 0.25) is 5.91 Å². The van der Waals surface area contributed by atoms with E-state index in [0.29, 0.717) is 38.6 Å². The first kappa shape index (κ1) is 22.8. The number of halogens is 2. The van der Waals surface area contributed by atoms with Crippen molar-refractivity contribution in [2.45, 2.75) is 44.7 Å². The number of carbonyl (C=O) groups excluding carboxylic acids is 1. The Morgan fingerprint density at radius 3 is 2.76 bits per heavy atom. The molecule has 0 saturated carbocycles. The topological polar surface area (TPSA) is 84.3 Å². The molecule has 2 N–H and O–H groups in total. The van der Waals surface area contributed by atoms with Crippen LogP contribution in [0.2, 0.25) is 0 Å². The summed E-state index contributed by atoms with van der Waals surface area (Å²) < 4.78 is 31.2. The summed E-state index contributed by atoms with van der Waals surface area (Å²) in [6, 6.07) is 6.27. The van der Waals surface area contributed by atoms with Crippen LogP contribution in [0.25, 0.3) is 0 Å². The molecule has 1 amide bonds. The lowest BCUT2D eigenvalue weighted by Crippen LogP contribution is -2.50. The van der Waals surface area contributed by atoms with Gasteiger partial charge in [-0.1, -0.05) is 12.1 Å². The number of fused-ring (bicyclic) bond motifs is 1. The van der Waals surface area contributed by atoms with Crippen molar-refractivity contribution >= 4 is 23.6 Å². The zero-order valence-corrected chi connectivity index (χ0v) is 19.3. The molecule has 0 aliphatic carbocycles. The van der Waals surface area contributed by atoms with Crippen LogP contribution in [0.5, 0.6) is 0 Å². The number of amidine groups is 1. The molecule has 10 heteroatoms. The van der Waals surface area contributed by atoms with E-state index < -0.39 is 6.55 Å². The van der Waals surface area contributed by atoms with Gasteiger partial charge in [-0.15, -0.1) is 0 Å². The van der Waals surface area contributed by atoms with Crippen molar-refractivity contribution in [3.8, 4) is 0 Å². The maximum atomic E-state index is 13.0. The number of nitrogens with one attached hydrogen (secondary N) is 2. The summed E-state index contributed by atoms with van der Waals surface area (Å²) in [4.78, 5) is 15.9. The molecule has 0 bridgehead atoms. The Bertz CT molecular complexity index is 1040. The number of alkyl halides is 2. The minimum Gasteiger partial charge on any atom is -0.381 e. The lowest BCUT2D eigenvalue weighted by Gasteiger charge is -2.38. The molecule has 1 saturated heterocycles. The van der Waals surface area contributed by atoms with Crippen LogP contribution in [-0.4, -0.2) is 79.9 Å². The van der Waals surface area contributed by atoms with Gasteiger partial charge in [-0.05, 0) is 30.0 Å². The summed E-state index contributed by atoms with van der Waals surface area (Å²) in [7, 11) is 0. The molecule has 5 rings (SSSR count). The van der Waals surface area contributed by atoms with E-state index in [1.165, 1.54) is 0 Å². The highest BCUT2D eigenvalue weighted by atomic mass is 19.3. The Balaban J connectivity index is 1.40. The third-order valence-corrected chi connectivity index (χ3v) is 7.02. The van der Waals surface area contributed by atoms with Gasteiger partial charge in [0.15, 0.2) is 0 Å². The lowest BCUT2D eigenvalue weighted by molar-refractivity contribution is -0.128. The number of hydrogen-bond donors (Lipinski definition) is 2. The molecule has 1 unspecified atom stereocenters. The number of hydrogen-bond acceptors (Lipinski definition) is 6. The molecule has 34 heavy (non-hydrogen) atoms. The summed E-state index contributed by atoms with van der Waals surface area (Å²) in [5.74, 6) is 0.254. The maximum Gasteiger partial charge on any atom is 0.329 e. The predicted molar refractivity (Wildman–Crippen MR) is 125 cm³/mol. The van der Waals surface area contributed by atoms with Crippen LogP contribution in [0.1, 0.15) is 36.8 Å².